The Morgan fingerprint density at radius 3 is 2.83 bits per heavy atom. The highest BCUT2D eigenvalue weighted by atomic mass is 16.5. The fraction of sp³-hybridized carbons (Fsp3) is 0.450. The fourth-order valence-electron chi connectivity index (χ4n) is 3.49. The van der Waals surface area contributed by atoms with Crippen LogP contribution in [0.3, 0.4) is 0 Å². The van der Waals surface area contributed by atoms with Gasteiger partial charge in [0.25, 0.3) is 0 Å². The van der Waals surface area contributed by atoms with Gasteiger partial charge in [-0.3, -0.25) is 4.79 Å². The molecule has 2 aromatic carbocycles. The number of carbonyl (C=O) groups is 1. The van der Waals surface area contributed by atoms with Crippen LogP contribution < -0.4 is 0 Å². The minimum absolute atomic E-state index is 0.160. The van der Waals surface area contributed by atoms with Gasteiger partial charge < -0.3 is 14.4 Å². The van der Waals surface area contributed by atoms with Crippen molar-refractivity contribution in [1.82, 2.24) is 4.90 Å². The second kappa shape index (κ2) is 6.91. The normalized spacial score (nSPS) is 21.2. The number of fused-ring (bicyclic) bond motifs is 1. The topological polar surface area (TPSA) is 38.8 Å². The minimum Gasteiger partial charge on any atom is -0.381 e. The lowest BCUT2D eigenvalue weighted by molar-refractivity contribution is -0.146. The molecule has 0 radical (unpaired) electrons. The van der Waals surface area contributed by atoms with E-state index in [1.165, 1.54) is 16.3 Å². The van der Waals surface area contributed by atoms with E-state index in [2.05, 4.69) is 42.5 Å². The molecule has 2 aromatic rings. The Balaban J connectivity index is 1.27. The van der Waals surface area contributed by atoms with E-state index in [4.69, 9.17) is 9.47 Å². The van der Waals surface area contributed by atoms with Gasteiger partial charge in [0, 0.05) is 32.7 Å². The number of hydrogen-bond acceptors (Lipinski definition) is 3. The van der Waals surface area contributed by atoms with Crippen molar-refractivity contribution in [1.29, 1.82) is 0 Å². The highest BCUT2D eigenvalue weighted by molar-refractivity contribution is 5.85. The molecule has 24 heavy (non-hydrogen) atoms. The summed E-state index contributed by atoms with van der Waals surface area (Å²) >= 11 is 0. The molecule has 0 saturated carbocycles. The summed E-state index contributed by atoms with van der Waals surface area (Å²) in [6, 6.07) is 14.7. The van der Waals surface area contributed by atoms with Crippen LogP contribution >= 0.6 is 0 Å². The molecule has 0 aromatic heterocycles. The number of ether oxygens (including phenoxy) is 2. The number of likely N-dealkylation sites (tertiary alicyclic amines) is 1. The first kappa shape index (κ1) is 15.6. The van der Waals surface area contributed by atoms with E-state index in [1.54, 1.807) is 0 Å². The van der Waals surface area contributed by atoms with Crippen LogP contribution in [0.1, 0.15) is 18.4 Å². The highest BCUT2D eigenvalue weighted by Gasteiger charge is 2.32. The molecule has 2 heterocycles. The number of nitrogens with zero attached hydrogens (tertiary/aromatic N) is 1. The van der Waals surface area contributed by atoms with E-state index in [0.29, 0.717) is 18.9 Å². The lowest BCUT2D eigenvalue weighted by atomic mass is 10.0. The molecule has 2 fully saturated rings. The van der Waals surface area contributed by atoms with E-state index in [0.717, 1.165) is 32.7 Å². The van der Waals surface area contributed by atoms with E-state index < -0.39 is 0 Å². The van der Waals surface area contributed by atoms with Crippen LogP contribution in [-0.2, 0) is 20.9 Å². The van der Waals surface area contributed by atoms with Gasteiger partial charge in [0.15, 0.2) is 0 Å². The maximum absolute atomic E-state index is 12.2. The third-order valence-corrected chi connectivity index (χ3v) is 5.04. The summed E-state index contributed by atoms with van der Waals surface area (Å²) < 4.78 is 11.3. The average molecular weight is 325 g/mol. The lowest BCUT2D eigenvalue weighted by Crippen LogP contribution is -2.55. The van der Waals surface area contributed by atoms with Crippen molar-refractivity contribution < 1.29 is 14.3 Å². The van der Waals surface area contributed by atoms with E-state index in [1.807, 2.05) is 4.90 Å². The molecule has 4 heteroatoms. The summed E-state index contributed by atoms with van der Waals surface area (Å²) in [5.74, 6) is 0.656. The van der Waals surface area contributed by atoms with Gasteiger partial charge in [-0.25, -0.2) is 0 Å². The van der Waals surface area contributed by atoms with Gasteiger partial charge in [0.1, 0.15) is 0 Å². The predicted octanol–water partition coefficient (Wildman–Crippen LogP) is 2.99. The molecular formula is C20H23NO3. The Labute approximate surface area is 142 Å². The molecule has 126 valence electrons. The Kier molecular flexibility index (Phi) is 4.50. The SMILES string of the molecule is O=C(C[C@@H]1CCOC1)N1CC(OCc2cccc3ccccc23)C1. The highest BCUT2D eigenvalue weighted by Crippen LogP contribution is 2.23. The number of benzene rings is 2. The Hall–Kier alpha value is -1.91. The first-order chi connectivity index (χ1) is 11.8. The van der Waals surface area contributed by atoms with Gasteiger partial charge in [0.2, 0.25) is 5.91 Å². The molecule has 4 nitrogen and oxygen atoms in total. The molecule has 0 bridgehead atoms. The minimum atomic E-state index is 0.160. The average Bonchev–Trinajstić information content (AvgIpc) is 3.06. The standard InChI is InChI=1S/C20H23NO3/c22-20(10-15-8-9-23-13-15)21-11-18(12-21)24-14-17-6-3-5-16-4-1-2-7-19(16)17/h1-7,15,18H,8-14H2/t15-/m0/s1. The molecule has 1 amide bonds. The van der Waals surface area contributed by atoms with Crippen molar-refractivity contribution in [2.75, 3.05) is 26.3 Å². The van der Waals surface area contributed by atoms with Crippen LogP contribution in [0.4, 0.5) is 0 Å². The third-order valence-electron chi connectivity index (χ3n) is 5.04. The zero-order valence-corrected chi connectivity index (χ0v) is 13.8. The molecule has 0 spiro atoms. The molecule has 0 N–H and O–H groups in total. The third kappa shape index (κ3) is 3.30. The summed E-state index contributed by atoms with van der Waals surface area (Å²) in [5.41, 5.74) is 1.21. The Morgan fingerprint density at radius 2 is 2.00 bits per heavy atom. The van der Waals surface area contributed by atoms with Crippen molar-refractivity contribution in [2.24, 2.45) is 5.92 Å². The second-order valence-corrected chi connectivity index (χ2v) is 6.80. The molecule has 1 atom stereocenters. The largest absolute Gasteiger partial charge is 0.381 e. The summed E-state index contributed by atoms with van der Waals surface area (Å²) in [5, 5.41) is 2.48. The van der Waals surface area contributed by atoms with Crippen molar-refractivity contribution >= 4 is 16.7 Å². The fourth-order valence-corrected chi connectivity index (χ4v) is 3.49. The van der Waals surface area contributed by atoms with E-state index in [-0.39, 0.29) is 12.0 Å². The second-order valence-electron chi connectivity index (χ2n) is 6.80. The first-order valence-corrected chi connectivity index (χ1v) is 8.73. The van der Waals surface area contributed by atoms with E-state index >= 15 is 0 Å². The molecule has 2 aliphatic rings. The number of amides is 1. The number of carbonyl (C=O) groups excluding carboxylic acids is 1. The summed E-state index contributed by atoms with van der Waals surface area (Å²) in [6.45, 7) is 3.58. The first-order valence-electron chi connectivity index (χ1n) is 8.73. The predicted molar refractivity (Wildman–Crippen MR) is 92.6 cm³/mol. The van der Waals surface area contributed by atoms with Gasteiger partial charge in [-0.1, -0.05) is 42.5 Å². The van der Waals surface area contributed by atoms with Crippen LogP contribution in [0.5, 0.6) is 0 Å². The van der Waals surface area contributed by atoms with Crippen LogP contribution in [0, 0.1) is 5.92 Å². The summed E-state index contributed by atoms with van der Waals surface area (Å²) in [4.78, 5) is 14.1. The lowest BCUT2D eigenvalue weighted by Gasteiger charge is -2.39. The maximum atomic E-state index is 12.2. The molecule has 2 saturated heterocycles. The summed E-state index contributed by atoms with van der Waals surface area (Å²) in [7, 11) is 0. The molecule has 0 unspecified atom stereocenters. The Bertz CT molecular complexity index is 712. The van der Waals surface area contributed by atoms with Gasteiger partial charge in [-0.15, -0.1) is 0 Å². The number of hydrogen-bond donors (Lipinski definition) is 0. The van der Waals surface area contributed by atoms with Gasteiger partial charge in [-0.05, 0) is 28.7 Å². The molecule has 2 aliphatic heterocycles. The van der Waals surface area contributed by atoms with Crippen LogP contribution in [0.15, 0.2) is 42.5 Å². The van der Waals surface area contributed by atoms with Crippen LogP contribution in [0.25, 0.3) is 10.8 Å². The van der Waals surface area contributed by atoms with Crippen LogP contribution in [-0.4, -0.2) is 43.2 Å². The van der Waals surface area contributed by atoms with Crippen molar-refractivity contribution in [3.8, 4) is 0 Å². The van der Waals surface area contributed by atoms with Gasteiger partial charge >= 0.3 is 0 Å². The zero-order chi connectivity index (χ0) is 16.4. The smallest absolute Gasteiger partial charge is 0.223 e. The van der Waals surface area contributed by atoms with Gasteiger partial charge in [0.05, 0.1) is 12.7 Å². The van der Waals surface area contributed by atoms with Crippen molar-refractivity contribution in [3.05, 3.63) is 48.0 Å². The summed E-state index contributed by atoms with van der Waals surface area (Å²) in [6.07, 6.45) is 1.80. The molecule has 0 aliphatic carbocycles. The molecule has 4 rings (SSSR count). The number of rotatable bonds is 5. The van der Waals surface area contributed by atoms with Crippen molar-refractivity contribution in [3.63, 3.8) is 0 Å². The molecular weight excluding hydrogens is 302 g/mol. The van der Waals surface area contributed by atoms with E-state index in [9.17, 15) is 4.79 Å². The quantitative estimate of drug-likeness (QED) is 0.848. The maximum Gasteiger partial charge on any atom is 0.223 e. The monoisotopic (exact) mass is 325 g/mol. The van der Waals surface area contributed by atoms with Crippen LogP contribution in [0.2, 0.25) is 0 Å². The Morgan fingerprint density at radius 1 is 1.17 bits per heavy atom. The van der Waals surface area contributed by atoms with Gasteiger partial charge in [-0.2, -0.15) is 0 Å². The zero-order valence-electron chi connectivity index (χ0n) is 13.8. The van der Waals surface area contributed by atoms with Crippen molar-refractivity contribution in [2.45, 2.75) is 25.6 Å².